The summed E-state index contributed by atoms with van der Waals surface area (Å²) in [6.45, 7) is 7.15. The Morgan fingerprint density at radius 1 is 1.21 bits per heavy atom. The molecule has 2 unspecified atom stereocenters. The summed E-state index contributed by atoms with van der Waals surface area (Å²) < 4.78 is 5.79. The third-order valence-electron chi connectivity index (χ3n) is 4.92. The van der Waals surface area contributed by atoms with Crippen LogP contribution in [0.2, 0.25) is 0 Å². The van der Waals surface area contributed by atoms with E-state index in [-0.39, 0.29) is 17.3 Å². The van der Waals surface area contributed by atoms with Gasteiger partial charge in [-0.05, 0) is 37.5 Å². The molecule has 3 rings (SSSR count). The predicted molar refractivity (Wildman–Crippen MR) is 109 cm³/mol. The maximum atomic E-state index is 13.1. The molecule has 0 bridgehead atoms. The summed E-state index contributed by atoms with van der Waals surface area (Å²) in [5.41, 5.74) is 1.57. The second kappa shape index (κ2) is 7.90. The maximum Gasteiger partial charge on any atom is 0.271 e. The Morgan fingerprint density at radius 3 is 2.52 bits per heavy atom. The molecule has 29 heavy (non-hydrogen) atoms. The molecule has 1 aliphatic rings. The molecule has 8 nitrogen and oxygen atoms in total. The molecule has 152 valence electrons. The molecule has 0 spiro atoms. The van der Waals surface area contributed by atoms with Crippen LogP contribution < -0.4 is 15.0 Å². The van der Waals surface area contributed by atoms with Gasteiger partial charge in [0.15, 0.2) is 6.10 Å². The van der Waals surface area contributed by atoms with E-state index in [1.807, 2.05) is 32.9 Å². The van der Waals surface area contributed by atoms with Gasteiger partial charge < -0.3 is 10.1 Å². The van der Waals surface area contributed by atoms with Gasteiger partial charge in [0.05, 0.1) is 10.6 Å². The highest BCUT2D eigenvalue weighted by Gasteiger charge is 2.41. The molecule has 0 fully saturated rings. The molecule has 1 N–H and O–H groups in total. The molecule has 2 aromatic rings. The number of rotatable bonds is 5. The van der Waals surface area contributed by atoms with E-state index in [2.05, 4.69) is 5.32 Å². The Bertz CT molecular complexity index is 973. The van der Waals surface area contributed by atoms with E-state index in [4.69, 9.17) is 4.74 Å². The number of ether oxygens (including phenoxy) is 1. The smallest absolute Gasteiger partial charge is 0.271 e. The molecule has 0 saturated heterocycles. The summed E-state index contributed by atoms with van der Waals surface area (Å²) >= 11 is 0. The summed E-state index contributed by atoms with van der Waals surface area (Å²) in [7, 11) is 0. The number of aryl methyl sites for hydroxylation is 1. The van der Waals surface area contributed by atoms with Crippen molar-refractivity contribution in [1.82, 2.24) is 0 Å². The van der Waals surface area contributed by atoms with Crippen molar-refractivity contribution < 1.29 is 19.2 Å². The summed E-state index contributed by atoms with van der Waals surface area (Å²) in [6.07, 6.45) is -0.780. The molecular weight excluding hydrogens is 374 g/mol. The van der Waals surface area contributed by atoms with Crippen molar-refractivity contribution in [2.24, 2.45) is 5.92 Å². The van der Waals surface area contributed by atoms with Gasteiger partial charge in [-0.2, -0.15) is 0 Å². The summed E-state index contributed by atoms with van der Waals surface area (Å²) in [5.74, 6) is -0.598. The van der Waals surface area contributed by atoms with Crippen LogP contribution in [0.25, 0.3) is 0 Å². The number of nitrogens with one attached hydrogen (secondary N) is 1. The monoisotopic (exact) mass is 397 g/mol. The number of fused-ring (bicyclic) bond motifs is 1. The topological polar surface area (TPSA) is 102 Å². The van der Waals surface area contributed by atoms with E-state index in [1.165, 1.54) is 23.1 Å². The van der Waals surface area contributed by atoms with Crippen molar-refractivity contribution >= 4 is 28.9 Å². The minimum absolute atomic E-state index is 0.139. The minimum atomic E-state index is -0.895. The number of carbonyl (C=O) groups excluding carboxylic acids is 2. The van der Waals surface area contributed by atoms with Crippen molar-refractivity contribution in [3.63, 3.8) is 0 Å². The Labute approximate surface area is 168 Å². The number of para-hydroxylation sites is 1. The Hall–Kier alpha value is -3.42. The number of nitrogens with zero attached hydrogens (tertiary/aromatic N) is 2. The van der Waals surface area contributed by atoms with Crippen LogP contribution in [-0.2, 0) is 9.59 Å². The zero-order valence-electron chi connectivity index (χ0n) is 16.7. The first kappa shape index (κ1) is 20.3. The summed E-state index contributed by atoms with van der Waals surface area (Å²) in [6, 6.07) is 10.5. The lowest BCUT2D eigenvalue weighted by Gasteiger charge is -2.38. The Kier molecular flexibility index (Phi) is 5.54. The van der Waals surface area contributed by atoms with Crippen LogP contribution in [-0.4, -0.2) is 28.9 Å². The van der Waals surface area contributed by atoms with Gasteiger partial charge in [-0.25, -0.2) is 0 Å². The van der Waals surface area contributed by atoms with Crippen LogP contribution in [0.4, 0.5) is 17.1 Å². The molecule has 2 aromatic carbocycles. The molecule has 2 amide bonds. The number of anilines is 2. The molecule has 0 aromatic heterocycles. The van der Waals surface area contributed by atoms with Gasteiger partial charge in [0.2, 0.25) is 5.91 Å². The fraction of sp³-hybridized carbons (Fsp3) is 0.333. The largest absolute Gasteiger partial charge is 0.478 e. The summed E-state index contributed by atoms with van der Waals surface area (Å²) in [5, 5.41) is 14.0. The highest BCUT2D eigenvalue weighted by Crippen LogP contribution is 2.39. The zero-order chi connectivity index (χ0) is 21.3. The van der Waals surface area contributed by atoms with Crippen LogP contribution in [0, 0.1) is 23.0 Å². The maximum absolute atomic E-state index is 13.1. The van der Waals surface area contributed by atoms with Gasteiger partial charge in [-0.3, -0.25) is 24.6 Å². The van der Waals surface area contributed by atoms with Crippen LogP contribution in [0.1, 0.15) is 26.3 Å². The average Bonchev–Trinajstić information content (AvgIpc) is 2.68. The quantitative estimate of drug-likeness (QED) is 0.612. The van der Waals surface area contributed by atoms with E-state index < -0.39 is 28.9 Å². The van der Waals surface area contributed by atoms with Crippen molar-refractivity contribution in [3.8, 4) is 5.75 Å². The fourth-order valence-electron chi connectivity index (χ4n) is 3.24. The predicted octanol–water partition coefficient (Wildman–Crippen LogP) is 3.68. The molecule has 8 heteroatoms. The molecule has 1 aliphatic heterocycles. The van der Waals surface area contributed by atoms with Crippen LogP contribution in [0.5, 0.6) is 5.75 Å². The van der Waals surface area contributed by atoms with Crippen molar-refractivity contribution in [3.05, 3.63) is 58.1 Å². The molecule has 2 atom stereocenters. The second-order valence-electron chi connectivity index (χ2n) is 7.38. The van der Waals surface area contributed by atoms with Gasteiger partial charge in [0, 0.05) is 17.8 Å². The zero-order valence-corrected chi connectivity index (χ0v) is 16.7. The van der Waals surface area contributed by atoms with E-state index in [0.29, 0.717) is 11.4 Å². The first-order valence-corrected chi connectivity index (χ1v) is 9.35. The number of nitro groups is 1. The van der Waals surface area contributed by atoms with Crippen LogP contribution in [0.15, 0.2) is 42.5 Å². The van der Waals surface area contributed by atoms with Gasteiger partial charge in [0.25, 0.3) is 11.6 Å². The standard InChI is InChI=1S/C21H23N3O5/c1-12(2)19-21(26)23(17-11-15(24(27)28)9-10-18(17)29-19)14(4)20(25)22-16-8-6-5-7-13(16)3/h5-12,14,19H,1-4H3,(H,22,25). The fourth-order valence-corrected chi connectivity index (χ4v) is 3.24. The minimum Gasteiger partial charge on any atom is -0.478 e. The van der Waals surface area contributed by atoms with Crippen LogP contribution >= 0.6 is 0 Å². The summed E-state index contributed by atoms with van der Waals surface area (Å²) in [4.78, 5) is 38.0. The normalized spacial score (nSPS) is 16.8. The van der Waals surface area contributed by atoms with Crippen molar-refractivity contribution in [2.75, 3.05) is 10.2 Å². The molecule has 0 radical (unpaired) electrons. The number of benzene rings is 2. The molecular formula is C21H23N3O5. The molecule has 1 heterocycles. The van der Waals surface area contributed by atoms with E-state index >= 15 is 0 Å². The van der Waals surface area contributed by atoms with E-state index in [9.17, 15) is 19.7 Å². The van der Waals surface area contributed by atoms with Gasteiger partial charge in [-0.15, -0.1) is 0 Å². The SMILES string of the molecule is Cc1ccccc1NC(=O)C(C)N1C(=O)C(C(C)C)Oc2ccc([N+](=O)[O-])cc21. The Balaban J connectivity index is 1.99. The number of nitro benzene ring substituents is 1. The number of carbonyl (C=O) groups is 2. The molecule has 0 saturated carbocycles. The lowest BCUT2D eigenvalue weighted by atomic mass is 10.0. The Morgan fingerprint density at radius 2 is 1.90 bits per heavy atom. The highest BCUT2D eigenvalue weighted by molar-refractivity contribution is 6.08. The third kappa shape index (κ3) is 3.91. The van der Waals surface area contributed by atoms with Gasteiger partial charge in [-0.1, -0.05) is 32.0 Å². The lowest BCUT2D eigenvalue weighted by molar-refractivity contribution is -0.384. The van der Waals surface area contributed by atoms with Crippen molar-refractivity contribution in [1.29, 1.82) is 0 Å². The van der Waals surface area contributed by atoms with Crippen molar-refractivity contribution in [2.45, 2.75) is 39.8 Å². The average molecular weight is 397 g/mol. The number of hydrogen-bond acceptors (Lipinski definition) is 5. The number of hydrogen-bond donors (Lipinski definition) is 1. The second-order valence-corrected chi connectivity index (χ2v) is 7.38. The van der Waals surface area contributed by atoms with Crippen LogP contribution in [0.3, 0.4) is 0 Å². The van der Waals surface area contributed by atoms with Gasteiger partial charge in [0.1, 0.15) is 11.8 Å². The lowest BCUT2D eigenvalue weighted by Crippen LogP contribution is -2.55. The number of amides is 2. The highest BCUT2D eigenvalue weighted by atomic mass is 16.6. The first-order chi connectivity index (χ1) is 13.7. The first-order valence-electron chi connectivity index (χ1n) is 9.35. The van der Waals surface area contributed by atoms with E-state index in [0.717, 1.165) is 5.56 Å². The van der Waals surface area contributed by atoms with E-state index in [1.54, 1.807) is 19.1 Å². The number of non-ortho nitro benzene ring substituents is 1. The third-order valence-corrected chi connectivity index (χ3v) is 4.92. The van der Waals surface area contributed by atoms with Gasteiger partial charge >= 0.3 is 0 Å². The molecule has 0 aliphatic carbocycles.